The van der Waals surface area contributed by atoms with Gasteiger partial charge in [-0.25, -0.2) is 14.3 Å². The molecule has 1 saturated heterocycles. The number of pyridine rings is 1. The van der Waals surface area contributed by atoms with Crippen LogP contribution in [-0.4, -0.2) is 44.3 Å². The minimum absolute atomic E-state index is 0.0464. The van der Waals surface area contributed by atoms with Crippen LogP contribution in [0.2, 0.25) is 0 Å². The maximum atomic E-state index is 12.8. The van der Waals surface area contributed by atoms with Crippen LogP contribution in [0.1, 0.15) is 44.2 Å². The molecule has 4 aromatic rings. The smallest absolute Gasteiger partial charge is 0.326 e. The topological polar surface area (TPSA) is 89.2 Å². The summed E-state index contributed by atoms with van der Waals surface area (Å²) in [6.07, 6.45) is 5.57. The fraction of sp³-hybridized carbons (Fsp3) is 0.409. The predicted octanol–water partition coefficient (Wildman–Crippen LogP) is 3.10. The highest BCUT2D eigenvalue weighted by molar-refractivity contribution is 5.85. The number of hydrogen-bond donors (Lipinski definition) is 2. The van der Waals surface area contributed by atoms with Crippen molar-refractivity contribution < 1.29 is 4.74 Å². The third kappa shape index (κ3) is 2.99. The molecule has 8 nitrogen and oxygen atoms in total. The molecule has 0 aliphatic carbocycles. The van der Waals surface area contributed by atoms with E-state index in [0.717, 1.165) is 48.1 Å². The molecule has 4 heterocycles. The lowest BCUT2D eigenvalue weighted by Crippen LogP contribution is -2.35. The molecular formula is C22H26N6O2. The van der Waals surface area contributed by atoms with Crippen molar-refractivity contribution in [3.63, 3.8) is 0 Å². The molecule has 0 amide bonds. The lowest BCUT2D eigenvalue weighted by atomic mass is 9.92. The minimum atomic E-state index is -0.0464. The first-order chi connectivity index (χ1) is 14.6. The Morgan fingerprint density at radius 1 is 1.27 bits per heavy atom. The van der Waals surface area contributed by atoms with Crippen molar-refractivity contribution in [3.8, 4) is 16.9 Å². The highest BCUT2D eigenvalue weighted by Crippen LogP contribution is 2.35. The van der Waals surface area contributed by atoms with E-state index >= 15 is 0 Å². The van der Waals surface area contributed by atoms with Crippen LogP contribution in [0.3, 0.4) is 0 Å². The first-order valence-corrected chi connectivity index (χ1v) is 10.4. The lowest BCUT2D eigenvalue weighted by Gasteiger charge is -2.24. The van der Waals surface area contributed by atoms with Gasteiger partial charge in [0, 0.05) is 18.3 Å². The zero-order valence-electron chi connectivity index (χ0n) is 17.5. The average Bonchev–Trinajstić information content (AvgIpc) is 3.35. The number of imidazole rings is 1. The van der Waals surface area contributed by atoms with Crippen LogP contribution in [0, 0.1) is 0 Å². The second-order valence-corrected chi connectivity index (χ2v) is 8.24. The predicted molar refractivity (Wildman–Crippen MR) is 116 cm³/mol. The molecule has 0 bridgehead atoms. The Balaban J connectivity index is 1.73. The number of benzene rings is 1. The summed E-state index contributed by atoms with van der Waals surface area (Å²) in [5.74, 6) is 0.948. The molecule has 1 aliphatic heterocycles. The van der Waals surface area contributed by atoms with Gasteiger partial charge in [-0.1, -0.05) is 13.8 Å². The van der Waals surface area contributed by atoms with Crippen molar-refractivity contribution in [1.29, 1.82) is 0 Å². The highest BCUT2D eigenvalue weighted by Gasteiger charge is 2.22. The Bertz CT molecular complexity index is 1280. The molecule has 1 aromatic carbocycles. The number of nitrogens with zero attached hydrogens (tertiary/aromatic N) is 4. The molecule has 0 radical (unpaired) electrons. The van der Waals surface area contributed by atoms with Gasteiger partial charge in [-0.2, -0.15) is 5.10 Å². The van der Waals surface area contributed by atoms with Gasteiger partial charge >= 0.3 is 5.69 Å². The Hall–Kier alpha value is -3.13. The molecule has 5 rings (SSSR count). The number of aromatic amines is 1. The molecular weight excluding hydrogens is 380 g/mol. The van der Waals surface area contributed by atoms with Gasteiger partial charge in [0.25, 0.3) is 0 Å². The number of H-pyrrole nitrogens is 1. The molecule has 2 N–H and O–H groups in total. The summed E-state index contributed by atoms with van der Waals surface area (Å²) in [7, 11) is 1.64. The first kappa shape index (κ1) is 18.9. The molecule has 3 aromatic heterocycles. The van der Waals surface area contributed by atoms with Crippen LogP contribution < -0.4 is 15.7 Å². The van der Waals surface area contributed by atoms with Crippen LogP contribution in [0.25, 0.3) is 27.8 Å². The van der Waals surface area contributed by atoms with Crippen LogP contribution in [0.5, 0.6) is 5.75 Å². The van der Waals surface area contributed by atoms with E-state index in [1.165, 1.54) is 11.9 Å². The second-order valence-electron chi connectivity index (χ2n) is 8.24. The Labute approximate surface area is 173 Å². The van der Waals surface area contributed by atoms with Gasteiger partial charge < -0.3 is 15.0 Å². The standard InChI is InChI=1S/C22H26N6O2/c1-13(2)16-9-19-18(26-22(29)28(19)15-5-4-6-23-10-15)8-17(16)14-7-20(30-3)21-24-12-25-27(21)11-14/h7-9,11-13,15,23H,4-6,10H2,1-3H3,(H,26,29). The Morgan fingerprint density at radius 2 is 2.13 bits per heavy atom. The third-order valence-electron chi connectivity index (χ3n) is 6.02. The summed E-state index contributed by atoms with van der Waals surface area (Å²) < 4.78 is 9.20. The number of piperidine rings is 1. The molecule has 0 saturated carbocycles. The molecule has 1 fully saturated rings. The zero-order valence-corrected chi connectivity index (χ0v) is 17.5. The monoisotopic (exact) mass is 406 g/mol. The van der Waals surface area contributed by atoms with Crippen molar-refractivity contribution in [2.24, 2.45) is 0 Å². The SMILES string of the molecule is COc1cc(-c2cc3[nH]c(=O)n(C4CCCNC4)c3cc2C(C)C)cn2ncnc12. The quantitative estimate of drug-likeness (QED) is 0.544. The molecule has 1 unspecified atom stereocenters. The summed E-state index contributed by atoms with van der Waals surface area (Å²) in [4.78, 5) is 20.2. The van der Waals surface area contributed by atoms with E-state index in [4.69, 9.17) is 4.74 Å². The summed E-state index contributed by atoms with van der Waals surface area (Å²) in [6.45, 7) is 6.19. The lowest BCUT2D eigenvalue weighted by molar-refractivity contribution is 0.372. The van der Waals surface area contributed by atoms with E-state index < -0.39 is 0 Å². The second kappa shape index (κ2) is 7.28. The van der Waals surface area contributed by atoms with E-state index in [1.54, 1.807) is 11.6 Å². The maximum absolute atomic E-state index is 12.8. The van der Waals surface area contributed by atoms with Crippen molar-refractivity contribution in [3.05, 3.63) is 46.8 Å². The van der Waals surface area contributed by atoms with E-state index in [1.807, 2.05) is 16.8 Å². The first-order valence-electron chi connectivity index (χ1n) is 10.4. The van der Waals surface area contributed by atoms with Crippen molar-refractivity contribution in [1.82, 2.24) is 29.5 Å². The van der Waals surface area contributed by atoms with Crippen molar-refractivity contribution >= 4 is 16.7 Å². The average molecular weight is 406 g/mol. The third-order valence-corrected chi connectivity index (χ3v) is 6.02. The summed E-state index contributed by atoms with van der Waals surface area (Å²) in [5.41, 5.74) is 5.66. The number of fused-ring (bicyclic) bond motifs is 2. The molecule has 156 valence electrons. The van der Waals surface area contributed by atoms with Crippen molar-refractivity contribution in [2.45, 2.75) is 38.6 Å². The Kier molecular flexibility index (Phi) is 4.58. The minimum Gasteiger partial charge on any atom is -0.493 e. The summed E-state index contributed by atoms with van der Waals surface area (Å²) >= 11 is 0. The van der Waals surface area contributed by atoms with E-state index in [2.05, 4.69) is 46.4 Å². The van der Waals surface area contributed by atoms with E-state index in [0.29, 0.717) is 11.4 Å². The van der Waals surface area contributed by atoms with Crippen LogP contribution >= 0.6 is 0 Å². The molecule has 1 aliphatic rings. The van der Waals surface area contributed by atoms with Gasteiger partial charge in [-0.3, -0.25) is 4.57 Å². The molecule has 30 heavy (non-hydrogen) atoms. The fourth-order valence-electron chi connectivity index (χ4n) is 4.53. The van der Waals surface area contributed by atoms with Gasteiger partial charge in [0.15, 0.2) is 11.4 Å². The molecule has 1 atom stereocenters. The number of rotatable bonds is 4. The number of ether oxygens (including phenoxy) is 1. The molecule has 8 heteroatoms. The maximum Gasteiger partial charge on any atom is 0.326 e. The summed E-state index contributed by atoms with van der Waals surface area (Å²) in [5, 5.41) is 7.70. The highest BCUT2D eigenvalue weighted by atomic mass is 16.5. The van der Waals surface area contributed by atoms with Gasteiger partial charge in [-0.15, -0.1) is 0 Å². The number of aromatic nitrogens is 5. The van der Waals surface area contributed by atoms with Crippen LogP contribution in [0.4, 0.5) is 0 Å². The van der Waals surface area contributed by atoms with Crippen molar-refractivity contribution in [2.75, 3.05) is 20.2 Å². The fourth-order valence-corrected chi connectivity index (χ4v) is 4.53. The van der Waals surface area contributed by atoms with E-state index in [-0.39, 0.29) is 17.6 Å². The van der Waals surface area contributed by atoms with Gasteiger partial charge in [0.2, 0.25) is 0 Å². The summed E-state index contributed by atoms with van der Waals surface area (Å²) in [6, 6.07) is 6.41. The van der Waals surface area contributed by atoms with Gasteiger partial charge in [0.1, 0.15) is 6.33 Å². The number of methoxy groups -OCH3 is 1. The number of nitrogens with one attached hydrogen (secondary N) is 2. The van der Waals surface area contributed by atoms with E-state index in [9.17, 15) is 4.79 Å². The largest absolute Gasteiger partial charge is 0.493 e. The normalized spacial score (nSPS) is 17.3. The van der Waals surface area contributed by atoms with Gasteiger partial charge in [0.05, 0.1) is 24.2 Å². The van der Waals surface area contributed by atoms with Gasteiger partial charge in [-0.05, 0) is 54.6 Å². The zero-order chi connectivity index (χ0) is 20.8. The number of hydrogen-bond acceptors (Lipinski definition) is 5. The Morgan fingerprint density at radius 3 is 2.87 bits per heavy atom. The van der Waals surface area contributed by atoms with Crippen LogP contribution in [-0.2, 0) is 0 Å². The van der Waals surface area contributed by atoms with Crippen LogP contribution in [0.15, 0.2) is 35.5 Å². The molecule has 0 spiro atoms.